The molecule has 2 amide bonds. The van der Waals surface area contributed by atoms with Crippen molar-refractivity contribution in [3.63, 3.8) is 0 Å². The third kappa shape index (κ3) is 3.32. The fourth-order valence-electron chi connectivity index (χ4n) is 3.95. The molecular weight excluding hydrogens is 376 g/mol. The largest absolute Gasteiger partial charge is 0.495 e. The molecular formula is C25H24N2O3. The van der Waals surface area contributed by atoms with Crippen LogP contribution < -0.4 is 14.5 Å². The van der Waals surface area contributed by atoms with Crippen molar-refractivity contribution in [1.29, 1.82) is 0 Å². The Balaban J connectivity index is 1.86. The van der Waals surface area contributed by atoms with Gasteiger partial charge in [-0.25, -0.2) is 0 Å². The van der Waals surface area contributed by atoms with Crippen molar-refractivity contribution in [1.82, 2.24) is 0 Å². The Kier molecular flexibility index (Phi) is 5.27. The molecule has 0 N–H and O–H groups in total. The number of benzene rings is 3. The molecule has 30 heavy (non-hydrogen) atoms. The molecule has 1 fully saturated rings. The summed E-state index contributed by atoms with van der Waals surface area (Å²) in [7, 11) is 1.56. The van der Waals surface area contributed by atoms with E-state index in [1.54, 1.807) is 23.0 Å². The zero-order valence-corrected chi connectivity index (χ0v) is 17.3. The van der Waals surface area contributed by atoms with Gasteiger partial charge in [-0.15, -0.1) is 0 Å². The third-order valence-corrected chi connectivity index (χ3v) is 5.65. The fourth-order valence-corrected chi connectivity index (χ4v) is 3.95. The van der Waals surface area contributed by atoms with Gasteiger partial charge in [0.15, 0.2) is 0 Å². The van der Waals surface area contributed by atoms with Crippen molar-refractivity contribution < 1.29 is 14.3 Å². The van der Waals surface area contributed by atoms with Crippen molar-refractivity contribution >= 4 is 23.2 Å². The van der Waals surface area contributed by atoms with Gasteiger partial charge in [-0.3, -0.25) is 14.5 Å². The predicted molar refractivity (Wildman–Crippen MR) is 118 cm³/mol. The van der Waals surface area contributed by atoms with E-state index >= 15 is 0 Å². The number of anilines is 2. The Bertz CT molecular complexity index is 1090. The topological polar surface area (TPSA) is 49.9 Å². The maximum atomic E-state index is 13.8. The average molecular weight is 400 g/mol. The van der Waals surface area contributed by atoms with Crippen LogP contribution in [-0.2, 0) is 9.59 Å². The zero-order valence-electron chi connectivity index (χ0n) is 17.3. The Morgan fingerprint density at radius 1 is 0.833 bits per heavy atom. The van der Waals surface area contributed by atoms with Crippen molar-refractivity contribution in [2.75, 3.05) is 23.5 Å². The highest BCUT2D eigenvalue weighted by molar-refractivity contribution is 6.15. The van der Waals surface area contributed by atoms with Crippen LogP contribution in [0.3, 0.4) is 0 Å². The van der Waals surface area contributed by atoms with E-state index in [9.17, 15) is 9.59 Å². The van der Waals surface area contributed by atoms with Gasteiger partial charge in [-0.2, -0.15) is 0 Å². The number of carbonyl (C=O) groups is 2. The van der Waals surface area contributed by atoms with Gasteiger partial charge in [-0.05, 0) is 48.7 Å². The minimum Gasteiger partial charge on any atom is -0.495 e. The molecule has 1 aliphatic heterocycles. The number of nitrogens with zero attached hydrogens (tertiary/aromatic N) is 2. The molecule has 4 rings (SSSR count). The molecule has 0 aromatic heterocycles. The number of methoxy groups -OCH3 is 1. The standard InChI is InChI=1S/C25H24N2O3/c1-17-10-9-14-20(18(17)2)26-16-23(28)27(21-13-7-8-15-22(21)30-3)24(25(26)29)19-11-5-4-6-12-19/h4-15,24H,16H2,1-3H3/t24-/m1/s1. The van der Waals surface area contributed by atoms with Crippen LogP contribution in [0.2, 0.25) is 0 Å². The lowest BCUT2D eigenvalue weighted by molar-refractivity contribution is -0.128. The van der Waals surface area contributed by atoms with E-state index in [1.165, 1.54) is 0 Å². The van der Waals surface area contributed by atoms with Crippen molar-refractivity contribution in [3.8, 4) is 5.75 Å². The van der Waals surface area contributed by atoms with E-state index in [1.807, 2.05) is 80.6 Å². The highest BCUT2D eigenvalue weighted by Gasteiger charge is 2.43. The Labute approximate surface area is 176 Å². The summed E-state index contributed by atoms with van der Waals surface area (Å²) >= 11 is 0. The first-order chi connectivity index (χ1) is 14.5. The van der Waals surface area contributed by atoms with Gasteiger partial charge in [0.2, 0.25) is 5.91 Å². The minimum atomic E-state index is -0.774. The Hall–Kier alpha value is -3.60. The lowest BCUT2D eigenvalue weighted by Crippen LogP contribution is -2.56. The zero-order chi connectivity index (χ0) is 21.3. The lowest BCUT2D eigenvalue weighted by atomic mass is 9.98. The summed E-state index contributed by atoms with van der Waals surface area (Å²) in [6.07, 6.45) is 0. The van der Waals surface area contributed by atoms with Gasteiger partial charge in [0.1, 0.15) is 18.3 Å². The van der Waals surface area contributed by atoms with Crippen LogP contribution in [0.25, 0.3) is 0 Å². The number of piperazine rings is 1. The molecule has 5 heteroatoms. The second-order valence-electron chi connectivity index (χ2n) is 7.39. The van der Waals surface area contributed by atoms with Crippen LogP contribution in [0.15, 0.2) is 72.8 Å². The molecule has 5 nitrogen and oxygen atoms in total. The third-order valence-electron chi connectivity index (χ3n) is 5.65. The molecule has 0 spiro atoms. The number of para-hydroxylation sites is 2. The van der Waals surface area contributed by atoms with Crippen molar-refractivity contribution in [3.05, 3.63) is 89.5 Å². The Morgan fingerprint density at radius 2 is 1.50 bits per heavy atom. The molecule has 1 atom stereocenters. The molecule has 1 saturated heterocycles. The number of rotatable bonds is 4. The van der Waals surface area contributed by atoms with Gasteiger partial charge in [0, 0.05) is 5.69 Å². The van der Waals surface area contributed by atoms with Crippen molar-refractivity contribution in [2.45, 2.75) is 19.9 Å². The SMILES string of the molecule is COc1ccccc1N1C(=O)CN(c2cccc(C)c2C)C(=O)[C@H]1c1ccccc1. The van der Waals surface area contributed by atoms with E-state index in [4.69, 9.17) is 4.74 Å². The van der Waals surface area contributed by atoms with Crippen LogP contribution in [0.1, 0.15) is 22.7 Å². The van der Waals surface area contributed by atoms with Crippen LogP contribution >= 0.6 is 0 Å². The monoisotopic (exact) mass is 400 g/mol. The maximum Gasteiger partial charge on any atom is 0.255 e. The second kappa shape index (κ2) is 8.03. The summed E-state index contributed by atoms with van der Waals surface area (Å²) in [6, 6.07) is 21.8. The number of carbonyl (C=O) groups excluding carboxylic acids is 2. The summed E-state index contributed by atoms with van der Waals surface area (Å²) < 4.78 is 5.49. The van der Waals surface area contributed by atoms with E-state index < -0.39 is 6.04 Å². The summed E-state index contributed by atoms with van der Waals surface area (Å²) in [6.45, 7) is 3.96. The molecule has 152 valence electrons. The maximum absolute atomic E-state index is 13.8. The summed E-state index contributed by atoms with van der Waals surface area (Å²) in [5.74, 6) is 0.258. The smallest absolute Gasteiger partial charge is 0.255 e. The van der Waals surface area contributed by atoms with Crippen LogP contribution in [0.4, 0.5) is 11.4 Å². The summed E-state index contributed by atoms with van der Waals surface area (Å²) in [4.78, 5) is 30.4. The first-order valence-electron chi connectivity index (χ1n) is 9.90. The second-order valence-corrected chi connectivity index (χ2v) is 7.39. The van der Waals surface area contributed by atoms with Crippen LogP contribution in [-0.4, -0.2) is 25.5 Å². The quantitative estimate of drug-likeness (QED) is 0.651. The summed E-state index contributed by atoms with van der Waals surface area (Å²) in [5, 5.41) is 0. The van der Waals surface area contributed by atoms with Gasteiger partial charge in [-0.1, -0.05) is 54.6 Å². The van der Waals surface area contributed by atoms with Crippen LogP contribution in [0.5, 0.6) is 5.75 Å². The number of hydrogen-bond donors (Lipinski definition) is 0. The van der Waals surface area contributed by atoms with Gasteiger partial charge >= 0.3 is 0 Å². The van der Waals surface area contributed by atoms with E-state index in [0.29, 0.717) is 11.4 Å². The highest BCUT2D eigenvalue weighted by Crippen LogP contribution is 2.39. The Morgan fingerprint density at radius 3 is 2.23 bits per heavy atom. The molecule has 0 unspecified atom stereocenters. The number of aryl methyl sites for hydroxylation is 1. The average Bonchev–Trinajstić information content (AvgIpc) is 2.77. The molecule has 1 heterocycles. The number of ether oxygens (including phenoxy) is 1. The lowest BCUT2D eigenvalue weighted by Gasteiger charge is -2.41. The van der Waals surface area contributed by atoms with Gasteiger partial charge in [0.05, 0.1) is 12.8 Å². The molecule has 3 aromatic carbocycles. The molecule has 0 bridgehead atoms. The first kappa shape index (κ1) is 19.7. The molecule has 1 aliphatic rings. The van der Waals surface area contributed by atoms with E-state index in [-0.39, 0.29) is 18.4 Å². The normalized spacial score (nSPS) is 16.7. The van der Waals surface area contributed by atoms with E-state index in [0.717, 1.165) is 22.4 Å². The predicted octanol–water partition coefficient (Wildman–Crippen LogP) is 4.43. The molecule has 0 aliphatic carbocycles. The molecule has 0 saturated carbocycles. The fraction of sp³-hybridized carbons (Fsp3) is 0.200. The van der Waals surface area contributed by atoms with E-state index in [2.05, 4.69) is 0 Å². The molecule has 0 radical (unpaired) electrons. The van der Waals surface area contributed by atoms with Crippen molar-refractivity contribution in [2.24, 2.45) is 0 Å². The van der Waals surface area contributed by atoms with Gasteiger partial charge < -0.3 is 9.64 Å². The first-order valence-corrected chi connectivity index (χ1v) is 9.90. The number of hydrogen-bond acceptors (Lipinski definition) is 3. The van der Waals surface area contributed by atoms with Gasteiger partial charge in [0.25, 0.3) is 5.91 Å². The summed E-state index contributed by atoms with van der Waals surface area (Å²) in [5.41, 5.74) is 4.20. The minimum absolute atomic E-state index is 0.0233. The highest BCUT2D eigenvalue weighted by atomic mass is 16.5. The molecule has 3 aromatic rings. The van der Waals surface area contributed by atoms with Crippen LogP contribution in [0, 0.1) is 13.8 Å². The number of amides is 2.